The van der Waals surface area contributed by atoms with Gasteiger partial charge in [-0.15, -0.1) is 0 Å². The highest BCUT2D eigenvalue weighted by molar-refractivity contribution is 9.10. The van der Waals surface area contributed by atoms with Gasteiger partial charge in [-0.2, -0.15) is 0 Å². The third kappa shape index (κ3) is 4.16. The Morgan fingerprint density at radius 2 is 1.58 bits per heavy atom. The van der Waals surface area contributed by atoms with Crippen LogP contribution in [0.3, 0.4) is 0 Å². The normalized spacial score (nSPS) is 10.6. The molecule has 24 heavy (non-hydrogen) atoms. The predicted molar refractivity (Wildman–Crippen MR) is 102 cm³/mol. The molecule has 3 aromatic rings. The first-order valence-electron chi connectivity index (χ1n) is 7.43. The number of rotatable bonds is 5. The van der Waals surface area contributed by atoms with Gasteiger partial charge in [-0.1, -0.05) is 58.4 Å². The standard InChI is InChI=1S/C19H15Br2NO2/c20-16-8-6-14(7-9-16)12-22-11-10-17(18(21)19(22)23)24-13-15-4-2-1-3-5-15/h1-11H,12-13H2. The molecule has 0 N–H and O–H groups in total. The smallest absolute Gasteiger partial charge is 0.268 e. The highest BCUT2D eigenvalue weighted by Crippen LogP contribution is 2.22. The van der Waals surface area contributed by atoms with Crippen molar-refractivity contribution in [1.29, 1.82) is 0 Å². The molecule has 0 radical (unpaired) electrons. The molecule has 0 unspecified atom stereocenters. The van der Waals surface area contributed by atoms with Gasteiger partial charge in [-0.05, 0) is 45.3 Å². The van der Waals surface area contributed by atoms with E-state index in [4.69, 9.17) is 4.74 Å². The summed E-state index contributed by atoms with van der Waals surface area (Å²) in [5, 5.41) is 0. The fourth-order valence-corrected chi connectivity index (χ4v) is 3.03. The van der Waals surface area contributed by atoms with Crippen molar-refractivity contribution in [2.45, 2.75) is 13.2 Å². The fraction of sp³-hybridized carbons (Fsp3) is 0.105. The van der Waals surface area contributed by atoms with Crippen LogP contribution in [0.4, 0.5) is 0 Å². The quantitative estimate of drug-likeness (QED) is 0.549. The fourth-order valence-electron chi connectivity index (χ4n) is 2.29. The topological polar surface area (TPSA) is 31.2 Å². The summed E-state index contributed by atoms with van der Waals surface area (Å²) >= 11 is 6.77. The van der Waals surface area contributed by atoms with Crippen LogP contribution in [0.2, 0.25) is 0 Å². The summed E-state index contributed by atoms with van der Waals surface area (Å²) in [4.78, 5) is 12.5. The Bertz CT molecular complexity index is 874. The Balaban J connectivity index is 1.76. The first-order chi connectivity index (χ1) is 11.6. The molecule has 0 bridgehead atoms. The van der Waals surface area contributed by atoms with E-state index in [1.807, 2.05) is 60.7 Å². The summed E-state index contributed by atoms with van der Waals surface area (Å²) < 4.78 is 8.87. The van der Waals surface area contributed by atoms with Gasteiger partial charge < -0.3 is 9.30 Å². The maximum atomic E-state index is 12.5. The maximum absolute atomic E-state index is 12.5. The van der Waals surface area contributed by atoms with Crippen LogP contribution in [0.5, 0.6) is 5.75 Å². The van der Waals surface area contributed by atoms with E-state index in [1.54, 1.807) is 10.8 Å². The highest BCUT2D eigenvalue weighted by atomic mass is 79.9. The molecule has 0 aliphatic heterocycles. The maximum Gasteiger partial charge on any atom is 0.268 e. The largest absolute Gasteiger partial charge is 0.487 e. The van der Waals surface area contributed by atoms with Crippen LogP contribution in [-0.4, -0.2) is 4.57 Å². The average molecular weight is 449 g/mol. The van der Waals surface area contributed by atoms with Crippen LogP contribution in [0.25, 0.3) is 0 Å². The Kier molecular flexibility index (Phi) is 5.53. The molecule has 0 spiro atoms. The molecule has 2 aromatic carbocycles. The lowest BCUT2D eigenvalue weighted by atomic mass is 10.2. The molecular formula is C19H15Br2NO2. The SMILES string of the molecule is O=c1c(Br)c(OCc2ccccc2)ccn1Cc1ccc(Br)cc1. The number of hydrogen-bond donors (Lipinski definition) is 0. The number of ether oxygens (including phenoxy) is 1. The van der Waals surface area contributed by atoms with Gasteiger partial charge in [0.05, 0.1) is 6.54 Å². The van der Waals surface area contributed by atoms with Crippen LogP contribution in [0.15, 0.2) is 80.6 Å². The molecule has 1 aromatic heterocycles. The molecule has 3 nitrogen and oxygen atoms in total. The van der Waals surface area contributed by atoms with Crippen molar-refractivity contribution in [3.05, 3.63) is 97.3 Å². The first-order valence-corrected chi connectivity index (χ1v) is 9.02. The van der Waals surface area contributed by atoms with E-state index in [9.17, 15) is 4.79 Å². The number of halogens is 2. The molecule has 122 valence electrons. The van der Waals surface area contributed by atoms with Crippen molar-refractivity contribution in [3.63, 3.8) is 0 Å². The Labute approximate surface area is 157 Å². The third-order valence-electron chi connectivity index (χ3n) is 3.57. The van der Waals surface area contributed by atoms with Crippen LogP contribution < -0.4 is 10.3 Å². The van der Waals surface area contributed by atoms with Crippen molar-refractivity contribution in [1.82, 2.24) is 4.57 Å². The van der Waals surface area contributed by atoms with Crippen molar-refractivity contribution >= 4 is 31.9 Å². The van der Waals surface area contributed by atoms with Crippen LogP contribution in [0, 0.1) is 0 Å². The summed E-state index contributed by atoms with van der Waals surface area (Å²) in [6.07, 6.45) is 1.76. The minimum Gasteiger partial charge on any atom is -0.487 e. The first kappa shape index (κ1) is 17.0. The number of aromatic nitrogens is 1. The average Bonchev–Trinajstić information content (AvgIpc) is 2.61. The van der Waals surface area contributed by atoms with Crippen LogP contribution in [-0.2, 0) is 13.2 Å². The summed E-state index contributed by atoms with van der Waals surface area (Å²) in [5.41, 5.74) is 2.01. The molecule has 0 amide bonds. The predicted octanol–water partition coefficient (Wildman–Crippen LogP) is 5.00. The van der Waals surface area contributed by atoms with E-state index in [-0.39, 0.29) is 5.56 Å². The van der Waals surface area contributed by atoms with E-state index in [1.165, 1.54) is 0 Å². The van der Waals surface area contributed by atoms with E-state index in [2.05, 4.69) is 31.9 Å². The molecule has 1 heterocycles. The zero-order valence-electron chi connectivity index (χ0n) is 12.8. The lowest BCUT2D eigenvalue weighted by Gasteiger charge is -2.11. The van der Waals surface area contributed by atoms with E-state index in [0.29, 0.717) is 23.4 Å². The Hall–Kier alpha value is -1.85. The minimum atomic E-state index is -0.108. The number of nitrogens with zero attached hydrogens (tertiary/aromatic N) is 1. The highest BCUT2D eigenvalue weighted by Gasteiger charge is 2.09. The zero-order valence-corrected chi connectivity index (χ0v) is 16.0. The van der Waals surface area contributed by atoms with Gasteiger partial charge in [-0.3, -0.25) is 4.79 Å². The molecule has 0 aliphatic rings. The molecule has 3 rings (SSSR count). The van der Waals surface area contributed by atoms with Gasteiger partial charge in [0.25, 0.3) is 5.56 Å². The van der Waals surface area contributed by atoms with Gasteiger partial charge in [0.2, 0.25) is 0 Å². The Morgan fingerprint density at radius 1 is 0.875 bits per heavy atom. The van der Waals surface area contributed by atoms with Crippen LogP contribution >= 0.6 is 31.9 Å². The second kappa shape index (κ2) is 7.81. The van der Waals surface area contributed by atoms with Gasteiger partial charge in [0.1, 0.15) is 16.8 Å². The number of pyridine rings is 1. The van der Waals surface area contributed by atoms with Gasteiger partial charge >= 0.3 is 0 Å². The second-order valence-corrected chi connectivity index (χ2v) is 7.04. The van der Waals surface area contributed by atoms with E-state index < -0.39 is 0 Å². The molecule has 0 fully saturated rings. The van der Waals surface area contributed by atoms with Crippen molar-refractivity contribution in [2.24, 2.45) is 0 Å². The minimum absolute atomic E-state index is 0.108. The van der Waals surface area contributed by atoms with Gasteiger partial charge in [0, 0.05) is 10.7 Å². The number of hydrogen-bond acceptors (Lipinski definition) is 2. The van der Waals surface area contributed by atoms with Crippen molar-refractivity contribution in [3.8, 4) is 5.75 Å². The van der Waals surface area contributed by atoms with Gasteiger partial charge in [0.15, 0.2) is 0 Å². The molecule has 0 atom stereocenters. The summed E-state index contributed by atoms with van der Waals surface area (Å²) in [6.45, 7) is 0.944. The Morgan fingerprint density at radius 3 is 2.29 bits per heavy atom. The van der Waals surface area contributed by atoms with Crippen LogP contribution in [0.1, 0.15) is 11.1 Å². The van der Waals surface area contributed by atoms with E-state index >= 15 is 0 Å². The monoisotopic (exact) mass is 447 g/mol. The van der Waals surface area contributed by atoms with E-state index in [0.717, 1.165) is 15.6 Å². The molecule has 5 heteroatoms. The van der Waals surface area contributed by atoms with Crippen molar-refractivity contribution in [2.75, 3.05) is 0 Å². The lowest BCUT2D eigenvalue weighted by Crippen LogP contribution is -2.21. The molecule has 0 aliphatic carbocycles. The second-order valence-electron chi connectivity index (χ2n) is 5.33. The van der Waals surface area contributed by atoms with Gasteiger partial charge in [-0.25, -0.2) is 0 Å². The van der Waals surface area contributed by atoms with Crippen molar-refractivity contribution < 1.29 is 4.74 Å². The zero-order chi connectivity index (χ0) is 16.9. The number of benzene rings is 2. The lowest BCUT2D eigenvalue weighted by molar-refractivity contribution is 0.302. The summed E-state index contributed by atoms with van der Waals surface area (Å²) in [6, 6.07) is 19.6. The third-order valence-corrected chi connectivity index (χ3v) is 4.83. The molecular weight excluding hydrogens is 434 g/mol. The molecule has 0 saturated carbocycles. The molecule has 0 saturated heterocycles. The summed E-state index contributed by atoms with van der Waals surface area (Å²) in [5.74, 6) is 0.552. The summed E-state index contributed by atoms with van der Waals surface area (Å²) in [7, 11) is 0.